The quantitative estimate of drug-likeness (QED) is 0.890. The minimum absolute atomic E-state index is 0.137. The van der Waals surface area contributed by atoms with E-state index in [0.29, 0.717) is 31.8 Å². The molecule has 0 unspecified atom stereocenters. The first-order valence-electron chi connectivity index (χ1n) is 6.46. The van der Waals surface area contributed by atoms with Gasteiger partial charge in [-0.2, -0.15) is 0 Å². The molecule has 0 spiro atoms. The van der Waals surface area contributed by atoms with Gasteiger partial charge in [0, 0.05) is 18.6 Å². The summed E-state index contributed by atoms with van der Waals surface area (Å²) in [6.45, 7) is 1.05. The van der Waals surface area contributed by atoms with E-state index in [4.69, 9.17) is 26.2 Å². The summed E-state index contributed by atoms with van der Waals surface area (Å²) >= 11 is 5.89. The highest BCUT2D eigenvalue weighted by molar-refractivity contribution is 7.89. The van der Waals surface area contributed by atoms with Crippen molar-refractivity contribution in [1.29, 1.82) is 0 Å². The summed E-state index contributed by atoms with van der Waals surface area (Å²) in [7, 11) is -3.63. The molecule has 118 valence electrons. The van der Waals surface area contributed by atoms with Gasteiger partial charge in [0.2, 0.25) is 10.0 Å². The highest BCUT2D eigenvalue weighted by atomic mass is 35.5. The summed E-state index contributed by atoms with van der Waals surface area (Å²) in [5.41, 5.74) is -0.608. The van der Waals surface area contributed by atoms with Crippen LogP contribution >= 0.6 is 11.6 Å². The Kier molecular flexibility index (Phi) is 5.08. The van der Waals surface area contributed by atoms with Gasteiger partial charge in [-0.1, -0.05) is 11.6 Å². The average molecular weight is 338 g/mol. The molecule has 1 aliphatic heterocycles. The highest BCUT2D eigenvalue weighted by Gasteiger charge is 2.37. The molecule has 0 saturated carbocycles. The number of hydrogen-bond donors (Lipinski definition) is 1. The smallest absolute Gasteiger partial charge is 0.209 e. The zero-order valence-corrected chi connectivity index (χ0v) is 12.9. The second-order valence-corrected chi connectivity index (χ2v) is 7.30. The molecule has 1 fully saturated rings. The molecule has 2 N–H and O–H groups in total. The molecule has 0 aliphatic carbocycles. The number of nitrogens with two attached hydrogens (primary N) is 1. The van der Waals surface area contributed by atoms with Crippen LogP contribution in [0.25, 0.3) is 0 Å². The van der Waals surface area contributed by atoms with Crippen LogP contribution in [0.5, 0.6) is 5.75 Å². The number of hydrogen-bond acceptors (Lipinski definition) is 4. The molecule has 1 aromatic carbocycles. The van der Waals surface area contributed by atoms with Gasteiger partial charge in [0.1, 0.15) is 11.6 Å². The van der Waals surface area contributed by atoms with Crippen molar-refractivity contribution in [3.63, 3.8) is 0 Å². The number of benzene rings is 1. The molecule has 0 aromatic heterocycles. The molecular formula is C13H17ClFNO4S. The van der Waals surface area contributed by atoms with Crippen molar-refractivity contribution in [2.24, 2.45) is 10.6 Å². The Morgan fingerprint density at radius 2 is 2.05 bits per heavy atom. The van der Waals surface area contributed by atoms with E-state index in [1.54, 1.807) is 0 Å². The van der Waals surface area contributed by atoms with Crippen molar-refractivity contribution in [2.45, 2.75) is 12.8 Å². The van der Waals surface area contributed by atoms with E-state index in [1.807, 2.05) is 0 Å². The summed E-state index contributed by atoms with van der Waals surface area (Å²) in [6.07, 6.45) is 1.06. The largest absolute Gasteiger partial charge is 0.491 e. The van der Waals surface area contributed by atoms with Crippen LogP contribution in [0.1, 0.15) is 12.8 Å². The van der Waals surface area contributed by atoms with E-state index < -0.39 is 21.3 Å². The standard InChI is InChI=1S/C13H17ClFNO4S/c14-11-7-10(15)1-2-12(11)20-8-13(9-21(16,17)18)3-5-19-6-4-13/h1-2,7H,3-6,8-9H2,(H2,16,17,18). The predicted octanol–water partition coefficient (Wildman–Crippen LogP) is 1.94. The number of primary sulfonamides is 1. The van der Waals surface area contributed by atoms with Crippen LogP contribution in [0.2, 0.25) is 5.02 Å². The lowest BCUT2D eigenvalue weighted by atomic mass is 9.83. The van der Waals surface area contributed by atoms with Gasteiger partial charge in [-0.15, -0.1) is 0 Å². The normalized spacial score (nSPS) is 18.4. The number of halogens is 2. The monoisotopic (exact) mass is 337 g/mol. The second-order valence-electron chi connectivity index (χ2n) is 5.28. The fraction of sp³-hybridized carbons (Fsp3) is 0.538. The second kappa shape index (κ2) is 6.48. The Labute approximate surface area is 128 Å². The molecular weight excluding hydrogens is 321 g/mol. The van der Waals surface area contributed by atoms with E-state index in [0.717, 1.165) is 6.07 Å². The molecule has 21 heavy (non-hydrogen) atoms. The lowest BCUT2D eigenvalue weighted by Crippen LogP contribution is -2.42. The van der Waals surface area contributed by atoms with Gasteiger partial charge >= 0.3 is 0 Å². The minimum Gasteiger partial charge on any atom is -0.491 e. The van der Waals surface area contributed by atoms with Crippen LogP contribution in [0.4, 0.5) is 4.39 Å². The van der Waals surface area contributed by atoms with Crippen molar-refractivity contribution in [1.82, 2.24) is 0 Å². The summed E-state index contributed by atoms with van der Waals surface area (Å²) in [5, 5.41) is 5.32. The van der Waals surface area contributed by atoms with Gasteiger partial charge in [0.05, 0.1) is 17.4 Å². The van der Waals surface area contributed by atoms with Gasteiger partial charge in [0.15, 0.2) is 0 Å². The fourth-order valence-corrected chi connectivity index (χ4v) is 3.83. The molecule has 1 saturated heterocycles. The van der Waals surface area contributed by atoms with Crippen molar-refractivity contribution in [2.75, 3.05) is 25.6 Å². The summed E-state index contributed by atoms with van der Waals surface area (Å²) in [4.78, 5) is 0. The minimum atomic E-state index is -3.63. The van der Waals surface area contributed by atoms with Crippen LogP contribution in [0, 0.1) is 11.2 Å². The average Bonchev–Trinajstić information content (AvgIpc) is 2.37. The third-order valence-electron chi connectivity index (χ3n) is 3.49. The highest BCUT2D eigenvalue weighted by Crippen LogP contribution is 2.34. The number of rotatable bonds is 5. The van der Waals surface area contributed by atoms with Crippen molar-refractivity contribution in [3.8, 4) is 5.75 Å². The Morgan fingerprint density at radius 1 is 1.38 bits per heavy atom. The molecule has 2 rings (SSSR count). The number of ether oxygens (including phenoxy) is 2. The zero-order valence-electron chi connectivity index (χ0n) is 11.3. The van der Waals surface area contributed by atoms with Crippen molar-refractivity contribution in [3.05, 3.63) is 29.0 Å². The van der Waals surface area contributed by atoms with Crippen LogP contribution in [-0.2, 0) is 14.8 Å². The van der Waals surface area contributed by atoms with Crippen LogP contribution in [0.15, 0.2) is 18.2 Å². The molecule has 1 heterocycles. The van der Waals surface area contributed by atoms with E-state index in [1.165, 1.54) is 12.1 Å². The van der Waals surface area contributed by atoms with E-state index in [2.05, 4.69) is 0 Å². The third-order valence-corrected chi connectivity index (χ3v) is 4.80. The molecule has 8 heteroatoms. The summed E-state index contributed by atoms with van der Waals surface area (Å²) in [6, 6.07) is 3.80. The first-order valence-corrected chi connectivity index (χ1v) is 8.55. The van der Waals surface area contributed by atoms with E-state index in [-0.39, 0.29) is 17.4 Å². The Balaban J connectivity index is 2.12. The summed E-state index contributed by atoms with van der Waals surface area (Å²) < 4.78 is 46.7. The molecule has 0 bridgehead atoms. The van der Waals surface area contributed by atoms with Gasteiger partial charge in [0.25, 0.3) is 0 Å². The maximum Gasteiger partial charge on any atom is 0.209 e. The van der Waals surface area contributed by atoms with Gasteiger partial charge in [-0.05, 0) is 31.0 Å². The van der Waals surface area contributed by atoms with Crippen LogP contribution in [-0.4, -0.2) is 34.0 Å². The van der Waals surface area contributed by atoms with E-state index >= 15 is 0 Å². The first kappa shape index (κ1) is 16.5. The SMILES string of the molecule is NS(=O)(=O)CC1(COc2ccc(F)cc2Cl)CCOCC1. The molecule has 0 amide bonds. The van der Waals surface area contributed by atoms with Gasteiger partial charge in [-0.25, -0.2) is 17.9 Å². The Bertz CT molecular complexity index is 602. The van der Waals surface area contributed by atoms with Gasteiger partial charge in [-0.3, -0.25) is 0 Å². The topological polar surface area (TPSA) is 78.6 Å². The van der Waals surface area contributed by atoms with Crippen LogP contribution in [0.3, 0.4) is 0 Å². The predicted molar refractivity (Wildman–Crippen MR) is 77.4 cm³/mol. The van der Waals surface area contributed by atoms with E-state index in [9.17, 15) is 12.8 Å². The Hall–Kier alpha value is -0.890. The number of sulfonamides is 1. The van der Waals surface area contributed by atoms with Crippen LogP contribution < -0.4 is 9.88 Å². The Morgan fingerprint density at radius 3 is 2.62 bits per heavy atom. The molecule has 1 aromatic rings. The molecule has 0 atom stereocenters. The molecule has 0 radical (unpaired) electrons. The first-order chi connectivity index (χ1) is 9.80. The lowest BCUT2D eigenvalue weighted by molar-refractivity contribution is 0.00211. The lowest BCUT2D eigenvalue weighted by Gasteiger charge is -2.36. The fourth-order valence-electron chi connectivity index (χ4n) is 2.38. The maximum absolute atomic E-state index is 13.0. The van der Waals surface area contributed by atoms with Gasteiger partial charge < -0.3 is 9.47 Å². The zero-order chi connectivity index (χ0) is 15.5. The summed E-state index contributed by atoms with van der Waals surface area (Å²) in [5.74, 6) is -0.321. The molecule has 1 aliphatic rings. The molecule has 5 nitrogen and oxygen atoms in total. The van der Waals surface area contributed by atoms with Crippen molar-refractivity contribution < 1.29 is 22.3 Å². The van der Waals surface area contributed by atoms with Crippen molar-refractivity contribution >= 4 is 21.6 Å². The third kappa shape index (κ3) is 4.81. The maximum atomic E-state index is 13.0.